The van der Waals surface area contributed by atoms with E-state index in [1.807, 2.05) is 62.1 Å². The molecule has 7 nitrogen and oxygen atoms in total. The summed E-state index contributed by atoms with van der Waals surface area (Å²) in [6, 6.07) is 20.6. The van der Waals surface area contributed by atoms with Crippen LogP contribution in [-0.2, 0) is 15.8 Å². The number of aliphatic hydroxyl groups excluding tert-OH is 1. The number of pyridine rings is 1. The van der Waals surface area contributed by atoms with Gasteiger partial charge in [0.2, 0.25) is 0 Å². The van der Waals surface area contributed by atoms with Crippen molar-refractivity contribution in [3.63, 3.8) is 0 Å². The van der Waals surface area contributed by atoms with E-state index in [1.165, 1.54) is 0 Å². The number of aliphatic hydroxyl groups is 1. The number of anilines is 1. The number of hydrogen-bond donors (Lipinski definition) is 2. The van der Waals surface area contributed by atoms with Crippen molar-refractivity contribution in [2.75, 3.05) is 18.0 Å². The minimum atomic E-state index is -2.97. The van der Waals surface area contributed by atoms with Crippen LogP contribution in [0.15, 0.2) is 66.9 Å². The fourth-order valence-corrected chi connectivity index (χ4v) is 11.0. The topological polar surface area (TPSA) is 83.5 Å². The van der Waals surface area contributed by atoms with Crippen molar-refractivity contribution in [3.05, 3.63) is 101 Å². The largest absolute Gasteiger partial charge is 0.401 e. The Kier molecular flexibility index (Phi) is 9.11. The van der Waals surface area contributed by atoms with Crippen LogP contribution in [0, 0.1) is 12.7 Å². The molecule has 4 aromatic rings. The minimum absolute atomic E-state index is 0.0552. The van der Waals surface area contributed by atoms with E-state index in [0.29, 0.717) is 24.5 Å². The van der Waals surface area contributed by atoms with Crippen molar-refractivity contribution in [3.8, 4) is 0 Å². The van der Waals surface area contributed by atoms with E-state index in [2.05, 4.69) is 55.0 Å². The average molecular weight is 623 g/mol. The SMILES string of the molecule is Cc1cnc(C(O)c2nc(CO[Si](c3ccccc3)(c3ccccc3)C(C)(C)C)c(N3C[C@@H](C)O[C@@H](C)C3)c(Cl)c2F)[nH]1. The molecule has 0 amide bonds. The minimum Gasteiger partial charge on any atom is -0.401 e. The number of benzene rings is 2. The first kappa shape index (κ1) is 31.3. The number of morpholine rings is 1. The summed E-state index contributed by atoms with van der Waals surface area (Å²) in [6.45, 7) is 13.5. The van der Waals surface area contributed by atoms with E-state index in [1.54, 1.807) is 6.20 Å². The molecule has 1 aliphatic rings. The van der Waals surface area contributed by atoms with Crippen molar-refractivity contribution >= 4 is 36.0 Å². The van der Waals surface area contributed by atoms with E-state index in [-0.39, 0.29) is 40.4 Å². The number of H-pyrrole nitrogens is 1. The molecule has 228 valence electrons. The highest BCUT2D eigenvalue weighted by Crippen LogP contribution is 2.41. The molecule has 43 heavy (non-hydrogen) atoms. The fraction of sp³-hybridized carbons (Fsp3) is 0.394. The molecule has 2 N–H and O–H groups in total. The number of imidazole rings is 1. The summed E-state index contributed by atoms with van der Waals surface area (Å²) in [5.74, 6) is -0.584. The molecular formula is C33H40ClFN4O3Si. The number of ether oxygens (including phenoxy) is 1. The summed E-state index contributed by atoms with van der Waals surface area (Å²) < 4.78 is 29.2. The number of aromatic nitrogens is 3. The lowest BCUT2D eigenvalue weighted by Crippen LogP contribution is -2.66. The third-order valence-corrected chi connectivity index (χ3v) is 13.3. The summed E-state index contributed by atoms with van der Waals surface area (Å²) in [6.07, 6.45) is -0.0422. The van der Waals surface area contributed by atoms with Gasteiger partial charge in [0.15, 0.2) is 11.9 Å². The second-order valence-corrected chi connectivity index (χ2v) is 17.1. The molecule has 2 aromatic carbocycles. The number of halogens is 2. The van der Waals surface area contributed by atoms with Gasteiger partial charge in [-0.2, -0.15) is 0 Å². The van der Waals surface area contributed by atoms with Crippen LogP contribution < -0.4 is 15.3 Å². The van der Waals surface area contributed by atoms with Crippen molar-refractivity contribution < 1.29 is 18.7 Å². The first-order chi connectivity index (χ1) is 20.4. The molecule has 5 rings (SSSR count). The molecule has 3 heterocycles. The molecule has 0 spiro atoms. The molecule has 0 bridgehead atoms. The normalized spacial score (nSPS) is 18.6. The predicted octanol–water partition coefficient (Wildman–Crippen LogP) is 5.68. The lowest BCUT2D eigenvalue weighted by atomic mass is 10.1. The fourth-order valence-electron chi connectivity index (χ4n) is 6.19. The van der Waals surface area contributed by atoms with Crippen molar-refractivity contribution in [2.24, 2.45) is 0 Å². The molecule has 0 radical (unpaired) electrons. The van der Waals surface area contributed by atoms with E-state index >= 15 is 4.39 Å². The van der Waals surface area contributed by atoms with Gasteiger partial charge >= 0.3 is 0 Å². The predicted molar refractivity (Wildman–Crippen MR) is 171 cm³/mol. The highest BCUT2D eigenvalue weighted by molar-refractivity contribution is 6.99. The van der Waals surface area contributed by atoms with Crippen molar-refractivity contribution in [1.82, 2.24) is 15.0 Å². The van der Waals surface area contributed by atoms with Crippen LogP contribution in [0.5, 0.6) is 0 Å². The Morgan fingerprint density at radius 3 is 2.12 bits per heavy atom. The lowest BCUT2D eigenvalue weighted by molar-refractivity contribution is -0.00536. The number of aromatic amines is 1. The monoisotopic (exact) mass is 622 g/mol. The molecule has 0 aliphatic carbocycles. The zero-order valence-corrected chi connectivity index (χ0v) is 27.3. The molecular weight excluding hydrogens is 583 g/mol. The quantitative estimate of drug-likeness (QED) is 0.246. The summed E-state index contributed by atoms with van der Waals surface area (Å²) in [5, 5.41) is 13.1. The number of nitrogens with one attached hydrogen (secondary N) is 1. The second-order valence-electron chi connectivity index (χ2n) is 12.4. The van der Waals surface area contributed by atoms with Gasteiger partial charge in [-0.1, -0.05) is 93.0 Å². The number of nitrogens with zero attached hydrogens (tertiary/aromatic N) is 3. The zero-order valence-electron chi connectivity index (χ0n) is 25.6. The van der Waals surface area contributed by atoms with Gasteiger partial charge in [-0.3, -0.25) is 0 Å². The Morgan fingerprint density at radius 2 is 1.63 bits per heavy atom. The Bertz CT molecular complexity index is 1500. The number of hydrogen-bond acceptors (Lipinski definition) is 6. The van der Waals surface area contributed by atoms with Gasteiger partial charge in [-0.15, -0.1) is 0 Å². The van der Waals surface area contributed by atoms with Gasteiger partial charge in [0, 0.05) is 25.0 Å². The molecule has 1 aliphatic heterocycles. The van der Waals surface area contributed by atoms with Gasteiger partial charge in [0.1, 0.15) is 16.5 Å². The van der Waals surface area contributed by atoms with E-state index in [4.69, 9.17) is 25.7 Å². The van der Waals surface area contributed by atoms with Gasteiger partial charge in [-0.05, 0) is 36.2 Å². The lowest BCUT2D eigenvalue weighted by Gasteiger charge is -2.43. The average Bonchev–Trinajstić information content (AvgIpc) is 3.41. The first-order valence-electron chi connectivity index (χ1n) is 14.6. The first-order valence-corrected chi connectivity index (χ1v) is 16.9. The Hall–Kier alpha value is -3.08. The molecule has 1 fully saturated rings. The number of rotatable bonds is 8. The third-order valence-electron chi connectivity index (χ3n) is 7.97. The maximum atomic E-state index is 16.0. The summed E-state index contributed by atoms with van der Waals surface area (Å²) in [7, 11) is -2.97. The Morgan fingerprint density at radius 1 is 1.07 bits per heavy atom. The molecule has 1 unspecified atom stereocenters. The van der Waals surface area contributed by atoms with Crippen LogP contribution in [0.25, 0.3) is 0 Å². The molecule has 1 saturated heterocycles. The maximum absolute atomic E-state index is 16.0. The van der Waals surface area contributed by atoms with Gasteiger partial charge in [0.05, 0.1) is 30.2 Å². The summed E-state index contributed by atoms with van der Waals surface area (Å²) in [5.41, 5.74) is 1.46. The van der Waals surface area contributed by atoms with Crippen molar-refractivity contribution in [1.29, 1.82) is 0 Å². The third kappa shape index (κ3) is 6.14. The smallest absolute Gasteiger partial charge is 0.261 e. The van der Waals surface area contributed by atoms with Gasteiger partial charge < -0.3 is 24.2 Å². The van der Waals surface area contributed by atoms with Crippen LogP contribution in [0.1, 0.15) is 63.6 Å². The second kappa shape index (κ2) is 12.5. The summed E-state index contributed by atoms with van der Waals surface area (Å²) in [4.78, 5) is 14.0. The van der Waals surface area contributed by atoms with Crippen LogP contribution >= 0.6 is 11.6 Å². The Labute approximate surface area is 259 Å². The van der Waals surface area contributed by atoms with E-state index in [9.17, 15) is 5.11 Å². The molecule has 2 aromatic heterocycles. The van der Waals surface area contributed by atoms with Crippen LogP contribution in [0.4, 0.5) is 10.1 Å². The molecule has 3 atom stereocenters. The van der Waals surface area contributed by atoms with Crippen LogP contribution in [-0.4, -0.2) is 53.7 Å². The van der Waals surface area contributed by atoms with Crippen LogP contribution in [0.2, 0.25) is 10.1 Å². The van der Waals surface area contributed by atoms with Gasteiger partial charge in [-0.25, -0.2) is 14.4 Å². The Balaban J connectivity index is 1.67. The molecule has 0 saturated carbocycles. The highest BCUT2D eigenvalue weighted by atomic mass is 35.5. The standard InChI is InChI=1S/C33H40ClFN4O3Si/c1-21-17-36-32(37-21)31(40)29-28(35)27(34)30(39-18-22(2)42-23(3)19-39)26(38-29)20-41-43(33(4,5)6,24-13-9-7-10-14-24)25-15-11-8-12-16-25/h7-17,22-23,31,40H,18-20H2,1-6H3,(H,36,37)/t22-,23+,31?. The molecule has 10 heteroatoms. The van der Waals surface area contributed by atoms with Crippen molar-refractivity contribution in [2.45, 2.75) is 71.5 Å². The number of aryl methyl sites for hydroxylation is 1. The maximum Gasteiger partial charge on any atom is 0.261 e. The van der Waals surface area contributed by atoms with E-state index in [0.717, 1.165) is 16.1 Å². The van der Waals surface area contributed by atoms with E-state index < -0.39 is 20.2 Å². The highest BCUT2D eigenvalue weighted by Gasteiger charge is 2.50. The van der Waals surface area contributed by atoms with Gasteiger partial charge in [0.25, 0.3) is 8.32 Å². The summed E-state index contributed by atoms with van der Waals surface area (Å²) >= 11 is 6.86. The van der Waals surface area contributed by atoms with Crippen LogP contribution in [0.3, 0.4) is 0 Å². The zero-order chi connectivity index (χ0) is 30.9.